The van der Waals surface area contributed by atoms with Crippen molar-refractivity contribution in [3.8, 4) is 0 Å². The van der Waals surface area contributed by atoms with Gasteiger partial charge in [-0.15, -0.1) is 0 Å². The maximum absolute atomic E-state index is 12.7. The molecule has 2 aliphatic heterocycles. The van der Waals surface area contributed by atoms with Crippen molar-refractivity contribution < 1.29 is 9.53 Å². The fourth-order valence-corrected chi connectivity index (χ4v) is 3.94. The van der Waals surface area contributed by atoms with Gasteiger partial charge in [0.15, 0.2) is 0 Å². The van der Waals surface area contributed by atoms with Gasteiger partial charge < -0.3 is 14.2 Å². The van der Waals surface area contributed by atoms with Gasteiger partial charge in [-0.2, -0.15) is 0 Å². The smallest absolute Gasteiger partial charge is 0.228 e. The maximum Gasteiger partial charge on any atom is 0.228 e. The van der Waals surface area contributed by atoms with E-state index in [1.807, 2.05) is 24.2 Å². The highest BCUT2D eigenvalue weighted by Crippen LogP contribution is 2.26. The molecule has 1 aromatic heterocycles. The summed E-state index contributed by atoms with van der Waals surface area (Å²) in [6.07, 6.45) is 4.70. The van der Waals surface area contributed by atoms with Crippen molar-refractivity contribution in [1.82, 2.24) is 14.5 Å². The van der Waals surface area contributed by atoms with E-state index in [1.54, 1.807) is 0 Å². The lowest BCUT2D eigenvalue weighted by atomic mass is 9.99. The van der Waals surface area contributed by atoms with Gasteiger partial charge >= 0.3 is 0 Å². The highest BCUT2D eigenvalue weighted by molar-refractivity contribution is 5.79. The molecule has 5 nitrogen and oxygen atoms in total. The van der Waals surface area contributed by atoms with E-state index in [9.17, 15) is 4.79 Å². The second-order valence-corrected chi connectivity index (χ2v) is 7.05. The number of fused-ring (bicyclic) bond motifs is 1. The number of aromatic nitrogens is 2. The molecule has 0 N–H and O–H groups in total. The number of ether oxygens (including phenoxy) is 1. The third-order valence-corrected chi connectivity index (χ3v) is 5.48. The Labute approximate surface area is 148 Å². The van der Waals surface area contributed by atoms with Gasteiger partial charge in [0.05, 0.1) is 30.6 Å². The molecular weight excluding hydrogens is 314 g/mol. The number of hydrogen-bond acceptors (Lipinski definition) is 3. The van der Waals surface area contributed by atoms with Crippen molar-refractivity contribution in [1.29, 1.82) is 0 Å². The molecule has 0 unspecified atom stereocenters. The summed E-state index contributed by atoms with van der Waals surface area (Å²) in [5.41, 5.74) is 3.68. The monoisotopic (exact) mass is 339 g/mol. The first kappa shape index (κ1) is 16.3. The molecule has 2 aromatic rings. The molecule has 0 bridgehead atoms. The minimum absolute atomic E-state index is 0.0155. The third kappa shape index (κ3) is 3.33. The first-order valence-electron chi connectivity index (χ1n) is 9.19. The van der Waals surface area contributed by atoms with Gasteiger partial charge in [-0.25, -0.2) is 4.98 Å². The lowest BCUT2D eigenvalue weighted by molar-refractivity contribution is -0.138. The number of carbonyl (C=O) groups is 1. The van der Waals surface area contributed by atoms with Crippen LogP contribution in [0.25, 0.3) is 0 Å². The van der Waals surface area contributed by atoms with E-state index in [2.05, 4.69) is 33.8 Å². The summed E-state index contributed by atoms with van der Waals surface area (Å²) in [6, 6.07) is 10.5. The Morgan fingerprint density at radius 3 is 2.92 bits per heavy atom. The van der Waals surface area contributed by atoms with Crippen LogP contribution in [0.4, 0.5) is 0 Å². The van der Waals surface area contributed by atoms with Crippen LogP contribution < -0.4 is 0 Å². The Hall–Kier alpha value is -2.14. The van der Waals surface area contributed by atoms with Crippen LogP contribution in [0.5, 0.6) is 0 Å². The molecule has 5 heteroatoms. The van der Waals surface area contributed by atoms with Crippen molar-refractivity contribution in [2.75, 3.05) is 13.2 Å². The zero-order valence-corrected chi connectivity index (χ0v) is 14.7. The molecule has 132 valence electrons. The number of benzene rings is 1. The SMILES string of the molecule is C[C@@H]1OCC[C@H]1C(=O)N1CCc2c(ncn2CCc2ccccc2)C1. The van der Waals surface area contributed by atoms with E-state index in [0.717, 1.165) is 38.0 Å². The van der Waals surface area contributed by atoms with Crippen molar-refractivity contribution in [2.24, 2.45) is 5.92 Å². The zero-order chi connectivity index (χ0) is 17.2. The van der Waals surface area contributed by atoms with E-state index < -0.39 is 0 Å². The number of imidazole rings is 1. The highest BCUT2D eigenvalue weighted by atomic mass is 16.5. The molecule has 2 aliphatic rings. The fourth-order valence-electron chi connectivity index (χ4n) is 3.94. The maximum atomic E-state index is 12.7. The molecule has 0 radical (unpaired) electrons. The average Bonchev–Trinajstić information content (AvgIpc) is 3.25. The summed E-state index contributed by atoms with van der Waals surface area (Å²) in [4.78, 5) is 19.3. The summed E-state index contributed by atoms with van der Waals surface area (Å²) < 4.78 is 7.81. The molecule has 1 fully saturated rings. The standard InChI is InChI=1S/C20H25N3O2/c1-15-17(9-12-25-15)20(24)22-11-8-19-18(13-22)21-14-23(19)10-7-16-5-3-2-4-6-16/h2-6,14-15,17H,7-13H2,1H3/t15-,17+/m0/s1. The second kappa shape index (κ2) is 7.00. The number of amides is 1. The summed E-state index contributed by atoms with van der Waals surface area (Å²) in [6.45, 7) is 5.06. The predicted octanol–water partition coefficient (Wildman–Crippen LogP) is 2.44. The summed E-state index contributed by atoms with van der Waals surface area (Å²) in [7, 11) is 0. The Morgan fingerprint density at radius 2 is 2.16 bits per heavy atom. The second-order valence-electron chi connectivity index (χ2n) is 7.05. The zero-order valence-electron chi connectivity index (χ0n) is 14.7. The number of rotatable bonds is 4. The van der Waals surface area contributed by atoms with E-state index in [1.165, 1.54) is 11.3 Å². The summed E-state index contributed by atoms with van der Waals surface area (Å²) >= 11 is 0. The van der Waals surface area contributed by atoms with Crippen molar-refractivity contribution in [3.63, 3.8) is 0 Å². The number of nitrogens with zero attached hydrogens (tertiary/aromatic N) is 3. The molecule has 1 aromatic carbocycles. The first-order valence-corrected chi connectivity index (χ1v) is 9.19. The van der Waals surface area contributed by atoms with Crippen molar-refractivity contribution >= 4 is 5.91 Å². The number of carbonyl (C=O) groups excluding carboxylic acids is 1. The van der Waals surface area contributed by atoms with Gasteiger partial charge in [0.2, 0.25) is 5.91 Å². The quantitative estimate of drug-likeness (QED) is 0.859. The van der Waals surface area contributed by atoms with Gasteiger partial charge in [-0.05, 0) is 25.3 Å². The van der Waals surface area contributed by atoms with E-state index in [0.29, 0.717) is 13.2 Å². The normalized spacial score (nSPS) is 22.8. The lowest BCUT2D eigenvalue weighted by Gasteiger charge is -2.30. The fraction of sp³-hybridized carbons (Fsp3) is 0.500. The first-order chi connectivity index (χ1) is 12.2. The van der Waals surface area contributed by atoms with Crippen LogP contribution in [0.15, 0.2) is 36.7 Å². The van der Waals surface area contributed by atoms with E-state index >= 15 is 0 Å². The van der Waals surface area contributed by atoms with Gasteiger partial charge in [0, 0.05) is 31.8 Å². The molecule has 25 heavy (non-hydrogen) atoms. The molecule has 0 saturated carbocycles. The number of hydrogen-bond donors (Lipinski definition) is 0. The number of aryl methyl sites for hydroxylation is 2. The van der Waals surface area contributed by atoms with Crippen molar-refractivity contribution in [3.05, 3.63) is 53.6 Å². The van der Waals surface area contributed by atoms with Crippen LogP contribution in [0.3, 0.4) is 0 Å². The summed E-state index contributed by atoms with van der Waals surface area (Å²) in [5.74, 6) is 0.246. The molecule has 2 atom stereocenters. The molecular formula is C20H25N3O2. The van der Waals surface area contributed by atoms with Gasteiger partial charge in [-0.3, -0.25) is 4.79 Å². The summed E-state index contributed by atoms with van der Waals surface area (Å²) in [5, 5.41) is 0. The minimum atomic E-state index is 0.0155. The molecule has 0 spiro atoms. The minimum Gasteiger partial charge on any atom is -0.378 e. The van der Waals surface area contributed by atoms with Crippen molar-refractivity contribution in [2.45, 2.75) is 45.4 Å². The van der Waals surface area contributed by atoms with Crippen LogP contribution in [0.2, 0.25) is 0 Å². The van der Waals surface area contributed by atoms with E-state index in [4.69, 9.17) is 4.74 Å². The molecule has 1 saturated heterocycles. The average molecular weight is 339 g/mol. The largest absolute Gasteiger partial charge is 0.378 e. The Morgan fingerprint density at radius 1 is 1.32 bits per heavy atom. The molecule has 4 rings (SSSR count). The Kier molecular flexibility index (Phi) is 4.57. The van der Waals surface area contributed by atoms with E-state index in [-0.39, 0.29) is 17.9 Å². The highest BCUT2D eigenvalue weighted by Gasteiger charge is 2.35. The predicted molar refractivity (Wildman–Crippen MR) is 95.0 cm³/mol. The van der Waals surface area contributed by atoms with Gasteiger partial charge in [0.25, 0.3) is 0 Å². The molecule has 3 heterocycles. The molecule has 1 amide bonds. The molecule has 0 aliphatic carbocycles. The topological polar surface area (TPSA) is 47.4 Å². The Balaban J connectivity index is 1.41. The van der Waals surface area contributed by atoms with Crippen LogP contribution in [-0.4, -0.2) is 39.6 Å². The van der Waals surface area contributed by atoms with Crippen LogP contribution in [0.1, 0.15) is 30.3 Å². The van der Waals surface area contributed by atoms with Crippen LogP contribution >= 0.6 is 0 Å². The van der Waals surface area contributed by atoms with Gasteiger partial charge in [0.1, 0.15) is 0 Å². The van der Waals surface area contributed by atoms with Gasteiger partial charge in [-0.1, -0.05) is 30.3 Å². The lowest BCUT2D eigenvalue weighted by Crippen LogP contribution is -2.42. The van der Waals surface area contributed by atoms with Crippen LogP contribution in [-0.2, 0) is 35.5 Å². The van der Waals surface area contributed by atoms with Crippen LogP contribution in [0, 0.1) is 5.92 Å². The Bertz CT molecular complexity index is 741. The third-order valence-electron chi connectivity index (χ3n) is 5.48.